The number of amides is 2. The van der Waals surface area contributed by atoms with Crippen LogP contribution in [0.25, 0.3) is 0 Å². The first-order valence-corrected chi connectivity index (χ1v) is 9.20. The number of hydrogen-bond donors (Lipinski definition) is 1. The van der Waals surface area contributed by atoms with Crippen LogP contribution in [0.5, 0.6) is 0 Å². The third kappa shape index (κ3) is 4.43. The summed E-state index contributed by atoms with van der Waals surface area (Å²) in [6.07, 6.45) is 3.68. The molecule has 0 saturated carbocycles. The average Bonchev–Trinajstić information content (AvgIpc) is 2.69. The van der Waals surface area contributed by atoms with Gasteiger partial charge in [-0.1, -0.05) is 23.7 Å². The molecule has 26 heavy (non-hydrogen) atoms. The molecule has 1 atom stereocenters. The lowest BCUT2D eigenvalue weighted by molar-refractivity contribution is 0.182. The number of rotatable bonds is 4. The van der Waals surface area contributed by atoms with Crippen LogP contribution >= 0.6 is 11.6 Å². The minimum atomic E-state index is -0.0661. The van der Waals surface area contributed by atoms with E-state index in [1.807, 2.05) is 44.3 Å². The number of carbonyl (C=O) groups excluding carboxylic acids is 1. The summed E-state index contributed by atoms with van der Waals surface area (Å²) in [5.74, 6) is 0.864. The fraction of sp³-hybridized carbons (Fsp3) is 0.421. The number of benzene rings is 1. The molecule has 6 nitrogen and oxygen atoms in total. The Labute approximate surface area is 159 Å². The Morgan fingerprint density at radius 3 is 3.00 bits per heavy atom. The molecule has 1 aromatic heterocycles. The summed E-state index contributed by atoms with van der Waals surface area (Å²) in [6.45, 7) is 4.15. The highest BCUT2D eigenvalue weighted by Gasteiger charge is 2.26. The second kappa shape index (κ2) is 8.36. The summed E-state index contributed by atoms with van der Waals surface area (Å²) in [5, 5.41) is 11.9. The summed E-state index contributed by atoms with van der Waals surface area (Å²) in [7, 11) is 1.85. The standard InChI is InChI=1S/C19H24ClN5O/c1-14-11-15(7-8-17(14)20)12-21-19(26)24(2)16-5-4-10-25(13-16)18-6-3-9-22-23-18/h3,6-9,11,16H,4-5,10,12-13H2,1-2H3,(H,21,26)/t16-/m1/s1. The van der Waals surface area contributed by atoms with Gasteiger partial charge in [-0.25, -0.2) is 4.79 Å². The van der Waals surface area contributed by atoms with Gasteiger partial charge in [0.05, 0.1) is 6.04 Å². The van der Waals surface area contributed by atoms with Crippen molar-refractivity contribution in [3.05, 3.63) is 52.7 Å². The SMILES string of the molecule is Cc1cc(CNC(=O)N(C)[C@@H]2CCCN(c3cccnn3)C2)ccc1Cl. The van der Waals surface area contributed by atoms with Crippen molar-refractivity contribution in [2.75, 3.05) is 25.0 Å². The monoisotopic (exact) mass is 373 g/mol. The van der Waals surface area contributed by atoms with Crippen molar-refractivity contribution in [2.45, 2.75) is 32.4 Å². The molecule has 1 aromatic carbocycles. The Bertz CT molecular complexity index is 755. The van der Waals surface area contributed by atoms with E-state index in [1.165, 1.54) is 0 Å². The van der Waals surface area contributed by atoms with Gasteiger partial charge in [-0.3, -0.25) is 0 Å². The predicted octanol–water partition coefficient (Wildman–Crippen LogP) is 3.25. The van der Waals surface area contributed by atoms with Crippen LogP contribution in [0, 0.1) is 6.92 Å². The summed E-state index contributed by atoms with van der Waals surface area (Å²) < 4.78 is 0. The zero-order valence-corrected chi connectivity index (χ0v) is 15.9. The van der Waals surface area contributed by atoms with E-state index in [2.05, 4.69) is 20.4 Å². The van der Waals surface area contributed by atoms with Crippen LogP contribution in [0.2, 0.25) is 5.02 Å². The van der Waals surface area contributed by atoms with Crippen LogP contribution in [0.3, 0.4) is 0 Å². The van der Waals surface area contributed by atoms with Gasteiger partial charge in [0.25, 0.3) is 0 Å². The molecule has 2 aromatic rings. The highest BCUT2D eigenvalue weighted by atomic mass is 35.5. The molecule has 0 bridgehead atoms. The van der Waals surface area contributed by atoms with Gasteiger partial charge in [0, 0.05) is 37.9 Å². The fourth-order valence-corrected chi connectivity index (χ4v) is 3.34. The molecule has 1 aliphatic rings. The van der Waals surface area contributed by atoms with Crippen LogP contribution in [-0.4, -0.2) is 47.3 Å². The minimum Gasteiger partial charge on any atom is -0.353 e. The number of hydrogen-bond acceptors (Lipinski definition) is 4. The Balaban J connectivity index is 1.56. The van der Waals surface area contributed by atoms with Crippen molar-refractivity contribution in [3.8, 4) is 0 Å². The van der Waals surface area contributed by atoms with Gasteiger partial charge in [-0.15, -0.1) is 5.10 Å². The number of aryl methyl sites for hydroxylation is 1. The first-order valence-electron chi connectivity index (χ1n) is 8.83. The quantitative estimate of drug-likeness (QED) is 0.893. The molecule has 0 spiro atoms. The maximum Gasteiger partial charge on any atom is 0.317 e. The lowest BCUT2D eigenvalue weighted by Crippen LogP contribution is -2.51. The van der Waals surface area contributed by atoms with Crippen LogP contribution in [-0.2, 0) is 6.54 Å². The molecule has 2 amide bonds. The molecule has 2 heterocycles. The summed E-state index contributed by atoms with van der Waals surface area (Å²) >= 11 is 6.05. The van der Waals surface area contributed by atoms with Crippen molar-refractivity contribution in [1.29, 1.82) is 0 Å². The van der Waals surface area contributed by atoms with E-state index in [4.69, 9.17) is 11.6 Å². The van der Waals surface area contributed by atoms with E-state index < -0.39 is 0 Å². The van der Waals surface area contributed by atoms with Crippen molar-refractivity contribution >= 4 is 23.4 Å². The molecular formula is C19H24ClN5O. The number of nitrogens with one attached hydrogen (secondary N) is 1. The number of anilines is 1. The number of nitrogens with zero attached hydrogens (tertiary/aromatic N) is 4. The van der Waals surface area contributed by atoms with Crippen LogP contribution in [0.4, 0.5) is 10.6 Å². The maximum absolute atomic E-state index is 12.6. The molecule has 0 unspecified atom stereocenters. The molecule has 7 heteroatoms. The minimum absolute atomic E-state index is 0.0661. The smallest absolute Gasteiger partial charge is 0.317 e. The van der Waals surface area contributed by atoms with E-state index in [9.17, 15) is 4.79 Å². The summed E-state index contributed by atoms with van der Waals surface area (Å²) in [4.78, 5) is 16.5. The number of piperidine rings is 1. The molecule has 0 radical (unpaired) electrons. The molecule has 138 valence electrons. The Morgan fingerprint density at radius 2 is 2.27 bits per heavy atom. The lowest BCUT2D eigenvalue weighted by atomic mass is 10.0. The van der Waals surface area contributed by atoms with E-state index >= 15 is 0 Å². The van der Waals surface area contributed by atoms with E-state index in [0.717, 1.165) is 47.9 Å². The van der Waals surface area contributed by atoms with Gasteiger partial charge >= 0.3 is 6.03 Å². The van der Waals surface area contributed by atoms with E-state index in [-0.39, 0.29) is 12.1 Å². The van der Waals surface area contributed by atoms with Gasteiger partial charge in [-0.05, 0) is 49.1 Å². The number of halogens is 1. The topological polar surface area (TPSA) is 61.4 Å². The molecule has 1 aliphatic heterocycles. The third-order valence-electron chi connectivity index (χ3n) is 4.81. The number of aromatic nitrogens is 2. The van der Waals surface area contributed by atoms with Crippen molar-refractivity contribution in [1.82, 2.24) is 20.4 Å². The zero-order valence-electron chi connectivity index (χ0n) is 15.2. The molecule has 1 N–H and O–H groups in total. The Kier molecular flexibility index (Phi) is 5.93. The van der Waals surface area contributed by atoms with E-state index in [0.29, 0.717) is 6.54 Å². The Hall–Kier alpha value is -2.34. The molecule has 1 fully saturated rings. The molecule has 3 rings (SSSR count). The number of carbonyl (C=O) groups is 1. The normalized spacial score (nSPS) is 17.0. The number of urea groups is 1. The van der Waals surface area contributed by atoms with E-state index in [1.54, 1.807) is 11.1 Å². The summed E-state index contributed by atoms with van der Waals surface area (Å²) in [6, 6.07) is 9.73. The third-order valence-corrected chi connectivity index (χ3v) is 5.24. The largest absolute Gasteiger partial charge is 0.353 e. The summed E-state index contributed by atoms with van der Waals surface area (Å²) in [5.41, 5.74) is 2.05. The van der Waals surface area contributed by atoms with Gasteiger partial charge in [0.15, 0.2) is 5.82 Å². The Morgan fingerprint density at radius 1 is 1.42 bits per heavy atom. The highest BCUT2D eigenvalue weighted by molar-refractivity contribution is 6.31. The van der Waals surface area contributed by atoms with Gasteiger partial charge in [0.1, 0.15) is 0 Å². The van der Waals surface area contributed by atoms with Crippen molar-refractivity contribution in [3.63, 3.8) is 0 Å². The molecular weight excluding hydrogens is 350 g/mol. The van der Waals surface area contributed by atoms with Crippen LogP contribution in [0.1, 0.15) is 24.0 Å². The number of likely N-dealkylation sites (N-methyl/N-ethyl adjacent to an activating group) is 1. The average molecular weight is 374 g/mol. The van der Waals surface area contributed by atoms with Crippen molar-refractivity contribution in [2.24, 2.45) is 0 Å². The molecule has 1 saturated heterocycles. The van der Waals surface area contributed by atoms with Crippen LogP contribution in [0.15, 0.2) is 36.5 Å². The van der Waals surface area contributed by atoms with Gasteiger partial charge in [0.2, 0.25) is 0 Å². The maximum atomic E-state index is 12.6. The molecule has 0 aliphatic carbocycles. The fourth-order valence-electron chi connectivity index (χ4n) is 3.23. The van der Waals surface area contributed by atoms with Gasteiger partial charge in [-0.2, -0.15) is 5.10 Å². The second-order valence-corrected chi connectivity index (χ2v) is 7.08. The van der Waals surface area contributed by atoms with Gasteiger partial charge < -0.3 is 15.1 Å². The first-order chi connectivity index (χ1) is 12.5. The predicted molar refractivity (Wildman–Crippen MR) is 103 cm³/mol. The first kappa shape index (κ1) is 18.5. The van der Waals surface area contributed by atoms with Crippen molar-refractivity contribution < 1.29 is 4.79 Å². The van der Waals surface area contributed by atoms with Crippen LogP contribution < -0.4 is 10.2 Å². The zero-order chi connectivity index (χ0) is 18.5. The lowest BCUT2D eigenvalue weighted by Gasteiger charge is -2.37. The highest BCUT2D eigenvalue weighted by Crippen LogP contribution is 2.20. The second-order valence-electron chi connectivity index (χ2n) is 6.68.